The SMILES string of the molecule is O=C(Nc1c(F)cc(F)cc1F)c1ccc(O)c(Cl)c1. The van der Waals surface area contributed by atoms with E-state index in [1.807, 2.05) is 5.32 Å². The number of amides is 1. The van der Waals surface area contributed by atoms with Crippen molar-refractivity contribution in [3.63, 3.8) is 0 Å². The molecule has 104 valence electrons. The van der Waals surface area contributed by atoms with Gasteiger partial charge in [-0.3, -0.25) is 4.79 Å². The minimum absolute atomic E-state index is 0.0177. The fourth-order valence-corrected chi connectivity index (χ4v) is 1.68. The molecule has 2 N–H and O–H groups in total. The Morgan fingerprint density at radius 3 is 2.25 bits per heavy atom. The fraction of sp³-hybridized carbons (Fsp3) is 0. The molecular weight excluding hydrogens is 295 g/mol. The lowest BCUT2D eigenvalue weighted by molar-refractivity contribution is 0.102. The average Bonchev–Trinajstić information content (AvgIpc) is 2.36. The first-order valence-corrected chi connectivity index (χ1v) is 5.70. The summed E-state index contributed by atoms with van der Waals surface area (Å²) >= 11 is 5.62. The molecule has 0 saturated carbocycles. The molecule has 0 unspecified atom stereocenters. The lowest BCUT2D eigenvalue weighted by Gasteiger charge is -2.08. The van der Waals surface area contributed by atoms with Gasteiger partial charge < -0.3 is 10.4 Å². The van der Waals surface area contributed by atoms with Crippen molar-refractivity contribution in [1.29, 1.82) is 0 Å². The molecule has 0 bridgehead atoms. The van der Waals surface area contributed by atoms with Gasteiger partial charge in [0.05, 0.1) is 5.02 Å². The molecule has 2 aromatic rings. The number of carbonyl (C=O) groups excluding carboxylic acids is 1. The van der Waals surface area contributed by atoms with Gasteiger partial charge in [-0.25, -0.2) is 13.2 Å². The largest absolute Gasteiger partial charge is 0.506 e. The Kier molecular flexibility index (Phi) is 3.85. The third-order valence-corrected chi connectivity index (χ3v) is 2.76. The van der Waals surface area contributed by atoms with Crippen molar-refractivity contribution in [2.45, 2.75) is 0 Å². The second kappa shape index (κ2) is 5.42. The zero-order chi connectivity index (χ0) is 14.9. The van der Waals surface area contributed by atoms with Gasteiger partial charge in [-0.05, 0) is 18.2 Å². The van der Waals surface area contributed by atoms with Crippen molar-refractivity contribution in [2.24, 2.45) is 0 Å². The molecule has 2 rings (SSSR count). The molecule has 7 heteroatoms. The van der Waals surface area contributed by atoms with E-state index in [9.17, 15) is 23.1 Å². The fourth-order valence-electron chi connectivity index (χ4n) is 1.50. The van der Waals surface area contributed by atoms with Gasteiger partial charge >= 0.3 is 0 Å². The third-order valence-electron chi connectivity index (χ3n) is 2.46. The summed E-state index contributed by atoms with van der Waals surface area (Å²) in [5.41, 5.74) is -0.781. The van der Waals surface area contributed by atoms with E-state index >= 15 is 0 Å². The maximum absolute atomic E-state index is 13.4. The number of phenolic OH excluding ortho intramolecular Hbond substituents is 1. The first-order valence-electron chi connectivity index (χ1n) is 5.33. The Balaban J connectivity index is 2.30. The molecule has 0 saturated heterocycles. The highest BCUT2D eigenvalue weighted by Crippen LogP contribution is 2.25. The number of halogens is 4. The second-order valence-electron chi connectivity index (χ2n) is 3.86. The molecule has 0 aliphatic carbocycles. The first-order chi connectivity index (χ1) is 9.38. The molecule has 0 fully saturated rings. The van der Waals surface area contributed by atoms with Gasteiger partial charge in [-0.2, -0.15) is 0 Å². The van der Waals surface area contributed by atoms with Crippen LogP contribution in [0.1, 0.15) is 10.4 Å². The number of aromatic hydroxyl groups is 1. The van der Waals surface area contributed by atoms with E-state index in [2.05, 4.69) is 0 Å². The van der Waals surface area contributed by atoms with Gasteiger partial charge in [0, 0.05) is 17.7 Å². The van der Waals surface area contributed by atoms with Crippen LogP contribution in [-0.4, -0.2) is 11.0 Å². The van der Waals surface area contributed by atoms with Crippen LogP contribution in [0.2, 0.25) is 5.02 Å². The zero-order valence-electron chi connectivity index (χ0n) is 9.75. The van der Waals surface area contributed by atoms with Crippen molar-refractivity contribution in [3.8, 4) is 5.75 Å². The van der Waals surface area contributed by atoms with Crippen LogP contribution in [0.3, 0.4) is 0 Å². The number of anilines is 1. The maximum atomic E-state index is 13.4. The summed E-state index contributed by atoms with van der Waals surface area (Å²) in [5, 5.41) is 11.1. The predicted molar refractivity (Wildman–Crippen MR) is 67.4 cm³/mol. The average molecular weight is 302 g/mol. The molecule has 1 amide bonds. The number of benzene rings is 2. The van der Waals surface area contributed by atoms with Gasteiger partial charge in [0.25, 0.3) is 5.91 Å². The van der Waals surface area contributed by atoms with Crippen LogP contribution in [-0.2, 0) is 0 Å². The van der Waals surface area contributed by atoms with Crippen molar-refractivity contribution in [3.05, 3.63) is 58.4 Å². The summed E-state index contributed by atoms with van der Waals surface area (Å²) in [5.74, 6) is -4.65. The number of hydrogen-bond acceptors (Lipinski definition) is 2. The molecule has 0 heterocycles. The number of phenols is 1. The highest BCUT2D eigenvalue weighted by Gasteiger charge is 2.16. The van der Waals surface area contributed by atoms with Gasteiger partial charge in [-0.15, -0.1) is 0 Å². The molecule has 0 aliphatic rings. The standard InChI is InChI=1S/C13H7ClF3NO2/c14-8-3-6(1-2-11(8)19)13(20)18-12-9(16)4-7(15)5-10(12)17/h1-5,19H,(H,18,20). The monoisotopic (exact) mass is 301 g/mol. The molecule has 0 spiro atoms. The van der Waals surface area contributed by atoms with Crippen molar-refractivity contribution in [2.75, 3.05) is 5.32 Å². The molecule has 2 aromatic carbocycles. The quantitative estimate of drug-likeness (QED) is 0.888. The van der Waals surface area contributed by atoms with Crippen molar-refractivity contribution >= 4 is 23.2 Å². The topological polar surface area (TPSA) is 49.3 Å². The number of nitrogens with one attached hydrogen (secondary N) is 1. The van der Waals surface area contributed by atoms with Crippen LogP contribution in [0.4, 0.5) is 18.9 Å². The highest BCUT2D eigenvalue weighted by molar-refractivity contribution is 6.32. The van der Waals surface area contributed by atoms with E-state index in [0.29, 0.717) is 12.1 Å². The molecule has 0 atom stereocenters. The lowest BCUT2D eigenvalue weighted by Crippen LogP contribution is -2.14. The van der Waals surface area contributed by atoms with Gasteiger partial charge in [0.2, 0.25) is 0 Å². The van der Waals surface area contributed by atoms with E-state index in [1.54, 1.807) is 0 Å². The van der Waals surface area contributed by atoms with E-state index in [0.717, 1.165) is 12.1 Å². The van der Waals surface area contributed by atoms with Crippen LogP contribution in [0.25, 0.3) is 0 Å². The smallest absolute Gasteiger partial charge is 0.255 e. The van der Waals surface area contributed by atoms with E-state index in [-0.39, 0.29) is 16.3 Å². The summed E-state index contributed by atoms with van der Waals surface area (Å²) in [6.45, 7) is 0. The molecule has 0 radical (unpaired) electrons. The summed E-state index contributed by atoms with van der Waals surface area (Å²) in [7, 11) is 0. The van der Waals surface area contributed by atoms with Gasteiger partial charge in [0.1, 0.15) is 17.3 Å². The van der Waals surface area contributed by atoms with Gasteiger partial charge in [0.15, 0.2) is 11.6 Å². The molecular formula is C13H7ClF3NO2. The first kappa shape index (κ1) is 14.2. The molecule has 3 nitrogen and oxygen atoms in total. The third kappa shape index (κ3) is 2.85. The summed E-state index contributed by atoms with van der Waals surface area (Å²) < 4.78 is 39.5. The molecule has 0 aromatic heterocycles. The molecule has 0 aliphatic heterocycles. The maximum Gasteiger partial charge on any atom is 0.255 e. The Labute approximate surface area is 116 Å². The Morgan fingerprint density at radius 2 is 1.70 bits per heavy atom. The summed E-state index contributed by atoms with van der Waals surface area (Å²) in [6, 6.07) is 4.40. The Hall–Kier alpha value is -2.21. The second-order valence-corrected chi connectivity index (χ2v) is 4.27. The highest BCUT2D eigenvalue weighted by atomic mass is 35.5. The van der Waals surface area contributed by atoms with Gasteiger partial charge in [-0.1, -0.05) is 11.6 Å². The van der Waals surface area contributed by atoms with E-state index in [4.69, 9.17) is 11.6 Å². The molecule has 20 heavy (non-hydrogen) atoms. The van der Waals surface area contributed by atoms with Crippen LogP contribution in [0.15, 0.2) is 30.3 Å². The minimum atomic E-state index is -1.24. The normalized spacial score (nSPS) is 10.4. The summed E-state index contributed by atoms with van der Waals surface area (Å²) in [6.07, 6.45) is 0. The van der Waals surface area contributed by atoms with Crippen LogP contribution in [0, 0.1) is 17.5 Å². The Bertz CT molecular complexity index is 668. The van der Waals surface area contributed by atoms with Crippen LogP contribution in [0.5, 0.6) is 5.75 Å². The zero-order valence-corrected chi connectivity index (χ0v) is 10.5. The van der Waals surface area contributed by atoms with E-state index < -0.39 is 29.0 Å². The minimum Gasteiger partial charge on any atom is -0.506 e. The number of hydrogen-bond donors (Lipinski definition) is 2. The summed E-state index contributed by atoms with van der Waals surface area (Å²) in [4.78, 5) is 11.8. The van der Waals surface area contributed by atoms with Crippen LogP contribution < -0.4 is 5.32 Å². The Morgan fingerprint density at radius 1 is 1.10 bits per heavy atom. The van der Waals surface area contributed by atoms with Crippen molar-refractivity contribution < 1.29 is 23.1 Å². The number of rotatable bonds is 2. The van der Waals surface area contributed by atoms with E-state index in [1.165, 1.54) is 6.07 Å². The lowest BCUT2D eigenvalue weighted by atomic mass is 10.2. The van der Waals surface area contributed by atoms with Crippen molar-refractivity contribution in [1.82, 2.24) is 0 Å². The predicted octanol–water partition coefficient (Wildman–Crippen LogP) is 3.72. The van der Waals surface area contributed by atoms with Crippen LogP contribution >= 0.6 is 11.6 Å². The number of carbonyl (C=O) groups is 1.